The predicted octanol–water partition coefficient (Wildman–Crippen LogP) is 4.86. The van der Waals surface area contributed by atoms with Crippen molar-refractivity contribution in [2.24, 2.45) is 5.41 Å². The number of carbonyl (C=O) groups is 1. The minimum atomic E-state index is -4.27. The van der Waals surface area contributed by atoms with Gasteiger partial charge in [0.15, 0.2) is 0 Å². The Morgan fingerprint density at radius 1 is 1.38 bits per heavy atom. The van der Waals surface area contributed by atoms with Gasteiger partial charge in [-0.25, -0.2) is 0 Å². The van der Waals surface area contributed by atoms with E-state index in [1.54, 1.807) is 25.1 Å². The number of hydrogen-bond acceptors (Lipinski definition) is 2. The maximum Gasteiger partial charge on any atom is 0.398 e. The highest BCUT2D eigenvalue weighted by Gasteiger charge is 2.67. The van der Waals surface area contributed by atoms with Crippen LogP contribution >= 0.6 is 35.0 Å². The summed E-state index contributed by atoms with van der Waals surface area (Å²) < 4.78 is 35.8. The number of nitrogens with one attached hydrogen (secondary N) is 1. The van der Waals surface area contributed by atoms with Crippen LogP contribution in [-0.4, -0.2) is 22.2 Å². The maximum absolute atomic E-state index is 12.3. The van der Waals surface area contributed by atoms with E-state index in [4.69, 9.17) is 23.2 Å². The number of thioether (sulfide) groups is 1. The van der Waals surface area contributed by atoms with Gasteiger partial charge in [-0.15, -0.1) is 35.0 Å². The molecule has 1 fully saturated rings. The number of para-hydroxylation sites is 1. The first-order valence-electron chi connectivity index (χ1n) is 6.03. The normalized spacial score (nSPS) is 23.7. The van der Waals surface area contributed by atoms with Crippen molar-refractivity contribution in [2.75, 3.05) is 11.1 Å². The standard InChI is InChI=1S/C13H12Cl2F3NOS/c1-11(6-12(11,14)15)10(20)19-8-4-2-3-5-9(8)21-7-13(16,17)18/h2-5H,6-7H2,1H3,(H,19,20). The van der Waals surface area contributed by atoms with Gasteiger partial charge < -0.3 is 5.32 Å². The molecule has 0 aliphatic heterocycles. The van der Waals surface area contributed by atoms with E-state index in [2.05, 4.69) is 5.32 Å². The van der Waals surface area contributed by atoms with Crippen molar-refractivity contribution in [3.63, 3.8) is 0 Å². The molecule has 0 radical (unpaired) electrons. The zero-order chi connectivity index (χ0) is 15.9. The van der Waals surface area contributed by atoms with E-state index in [1.807, 2.05) is 0 Å². The number of anilines is 1. The molecular weight excluding hydrogens is 346 g/mol. The third kappa shape index (κ3) is 3.79. The van der Waals surface area contributed by atoms with Crippen LogP contribution in [0.1, 0.15) is 13.3 Å². The second kappa shape index (κ2) is 5.56. The molecule has 1 unspecified atom stereocenters. The zero-order valence-corrected chi connectivity index (χ0v) is 13.3. The van der Waals surface area contributed by atoms with Gasteiger partial charge in [0.05, 0.1) is 16.9 Å². The summed E-state index contributed by atoms with van der Waals surface area (Å²) >= 11 is 12.5. The van der Waals surface area contributed by atoms with Crippen molar-refractivity contribution < 1.29 is 18.0 Å². The molecule has 116 valence electrons. The Morgan fingerprint density at radius 2 is 1.95 bits per heavy atom. The lowest BCUT2D eigenvalue weighted by Crippen LogP contribution is -2.26. The van der Waals surface area contributed by atoms with Crippen molar-refractivity contribution >= 4 is 46.6 Å². The highest BCUT2D eigenvalue weighted by atomic mass is 35.5. The smallest absolute Gasteiger partial charge is 0.325 e. The zero-order valence-electron chi connectivity index (χ0n) is 10.9. The molecule has 1 aliphatic rings. The van der Waals surface area contributed by atoms with Crippen LogP contribution in [0, 0.1) is 5.41 Å². The van der Waals surface area contributed by atoms with Gasteiger partial charge in [-0.3, -0.25) is 4.79 Å². The number of hydrogen-bond donors (Lipinski definition) is 1. The molecule has 0 heterocycles. The third-order valence-corrected chi connectivity index (χ3v) is 5.53. The lowest BCUT2D eigenvalue weighted by atomic mass is 10.1. The summed E-state index contributed by atoms with van der Waals surface area (Å²) in [6.45, 7) is 1.62. The lowest BCUT2D eigenvalue weighted by molar-refractivity contribution is -0.120. The summed E-state index contributed by atoms with van der Waals surface area (Å²) in [4.78, 5) is 12.5. The SMILES string of the molecule is CC1(C(=O)Nc2ccccc2SCC(F)(F)F)CC1(Cl)Cl. The Bertz CT molecular complexity index is 565. The first kappa shape index (κ1) is 16.8. The molecule has 0 aromatic heterocycles. The minimum Gasteiger partial charge on any atom is -0.325 e. The summed E-state index contributed by atoms with van der Waals surface area (Å²) in [5.41, 5.74) is -0.591. The van der Waals surface area contributed by atoms with Crippen LogP contribution in [0.15, 0.2) is 29.2 Å². The van der Waals surface area contributed by atoms with Gasteiger partial charge in [0.25, 0.3) is 0 Å². The molecule has 1 amide bonds. The molecule has 1 aliphatic carbocycles. The number of amides is 1. The number of halogens is 5. The molecule has 8 heteroatoms. The molecule has 1 aromatic carbocycles. The second-order valence-corrected chi connectivity index (χ2v) is 7.57. The molecule has 21 heavy (non-hydrogen) atoms. The Labute approximate surface area is 134 Å². The van der Waals surface area contributed by atoms with Crippen molar-refractivity contribution in [1.82, 2.24) is 0 Å². The molecule has 0 saturated heterocycles. The van der Waals surface area contributed by atoms with E-state index in [9.17, 15) is 18.0 Å². The fourth-order valence-electron chi connectivity index (χ4n) is 1.76. The van der Waals surface area contributed by atoms with Crippen molar-refractivity contribution in [3.8, 4) is 0 Å². The lowest BCUT2D eigenvalue weighted by Gasteiger charge is -2.15. The van der Waals surface area contributed by atoms with Gasteiger partial charge >= 0.3 is 6.18 Å². The molecule has 2 nitrogen and oxygen atoms in total. The Morgan fingerprint density at radius 3 is 2.48 bits per heavy atom. The fraction of sp³-hybridized carbons (Fsp3) is 0.462. The molecule has 1 atom stereocenters. The number of alkyl halides is 5. The van der Waals surface area contributed by atoms with Crippen LogP contribution in [0.4, 0.5) is 18.9 Å². The maximum atomic E-state index is 12.3. The van der Waals surface area contributed by atoms with E-state index in [-0.39, 0.29) is 0 Å². The molecule has 2 rings (SSSR count). The summed E-state index contributed by atoms with van der Waals surface area (Å²) in [6, 6.07) is 6.32. The highest BCUT2D eigenvalue weighted by Crippen LogP contribution is 2.64. The first-order valence-corrected chi connectivity index (χ1v) is 7.77. The van der Waals surface area contributed by atoms with Crippen LogP contribution < -0.4 is 5.32 Å². The van der Waals surface area contributed by atoms with Crippen molar-refractivity contribution in [2.45, 2.75) is 28.7 Å². The highest BCUT2D eigenvalue weighted by molar-refractivity contribution is 7.99. The van der Waals surface area contributed by atoms with Gasteiger partial charge in [-0.2, -0.15) is 13.2 Å². The summed E-state index contributed by atoms with van der Waals surface area (Å²) in [6.07, 6.45) is -3.96. The first-order chi connectivity index (χ1) is 9.55. The number of benzene rings is 1. The van der Waals surface area contributed by atoms with E-state index >= 15 is 0 Å². The summed E-state index contributed by atoms with van der Waals surface area (Å²) in [7, 11) is 0. The average molecular weight is 358 g/mol. The van der Waals surface area contributed by atoms with Crippen LogP contribution in [-0.2, 0) is 4.79 Å². The third-order valence-electron chi connectivity index (χ3n) is 3.29. The Hall–Kier alpha value is -0.590. The molecule has 0 bridgehead atoms. The van der Waals surface area contributed by atoms with E-state index in [1.165, 1.54) is 6.07 Å². The van der Waals surface area contributed by atoms with Gasteiger partial charge in [-0.05, 0) is 25.5 Å². The van der Waals surface area contributed by atoms with E-state index < -0.39 is 27.6 Å². The van der Waals surface area contributed by atoms with E-state index in [0.29, 0.717) is 28.8 Å². The predicted molar refractivity (Wildman–Crippen MR) is 79.0 cm³/mol. The van der Waals surface area contributed by atoms with Crippen molar-refractivity contribution in [3.05, 3.63) is 24.3 Å². The van der Waals surface area contributed by atoms with Gasteiger partial charge in [-0.1, -0.05) is 12.1 Å². The molecule has 1 saturated carbocycles. The summed E-state index contributed by atoms with van der Waals surface area (Å²) in [5.74, 6) is -1.42. The second-order valence-electron chi connectivity index (χ2n) is 5.07. The van der Waals surface area contributed by atoms with Crippen molar-refractivity contribution in [1.29, 1.82) is 0 Å². The van der Waals surface area contributed by atoms with Gasteiger partial charge in [0, 0.05) is 4.90 Å². The van der Waals surface area contributed by atoms with E-state index in [0.717, 1.165) is 0 Å². The monoisotopic (exact) mass is 357 g/mol. The number of rotatable bonds is 4. The van der Waals surface area contributed by atoms with Gasteiger partial charge in [0.2, 0.25) is 5.91 Å². The Kier molecular flexibility index (Phi) is 4.44. The molecule has 0 spiro atoms. The minimum absolute atomic E-state index is 0.312. The molecule has 1 aromatic rings. The molecular formula is C13H12Cl2F3NOS. The van der Waals surface area contributed by atoms with Crippen LogP contribution in [0.3, 0.4) is 0 Å². The number of carbonyl (C=O) groups excluding carboxylic acids is 1. The fourth-order valence-corrected chi connectivity index (χ4v) is 3.24. The van der Waals surface area contributed by atoms with Crippen LogP contribution in [0.2, 0.25) is 0 Å². The van der Waals surface area contributed by atoms with Crippen LogP contribution in [0.25, 0.3) is 0 Å². The average Bonchev–Trinajstić information content (AvgIpc) is 2.88. The quantitative estimate of drug-likeness (QED) is 0.615. The summed E-state index contributed by atoms with van der Waals surface area (Å²) in [5, 5.41) is 2.61. The Balaban J connectivity index is 2.09. The van der Waals surface area contributed by atoms with Crippen LogP contribution in [0.5, 0.6) is 0 Å². The largest absolute Gasteiger partial charge is 0.398 e. The topological polar surface area (TPSA) is 29.1 Å². The van der Waals surface area contributed by atoms with Gasteiger partial charge in [0.1, 0.15) is 4.33 Å². The molecule has 1 N–H and O–H groups in total.